The van der Waals surface area contributed by atoms with Crippen molar-refractivity contribution in [2.24, 2.45) is 16.8 Å². The molecule has 6 aromatic rings. The van der Waals surface area contributed by atoms with E-state index in [4.69, 9.17) is 9.98 Å². The number of hydrogen-bond donors (Lipinski definition) is 0. The minimum atomic E-state index is 0.252. The molecule has 49 heavy (non-hydrogen) atoms. The maximum Gasteiger partial charge on any atom is 0.117 e. The van der Waals surface area contributed by atoms with Crippen molar-refractivity contribution in [3.8, 4) is 16.8 Å². The van der Waals surface area contributed by atoms with Crippen LogP contribution in [0.5, 0.6) is 0 Å². The summed E-state index contributed by atoms with van der Waals surface area (Å²) >= 11 is 0. The van der Waals surface area contributed by atoms with Crippen molar-refractivity contribution in [2.75, 3.05) is 0 Å². The van der Waals surface area contributed by atoms with Crippen molar-refractivity contribution >= 4 is 27.5 Å². The number of aromatic nitrogens is 2. The van der Waals surface area contributed by atoms with E-state index in [9.17, 15) is 0 Å². The predicted octanol–water partition coefficient (Wildman–Crippen LogP) is 12.0. The average Bonchev–Trinajstić information content (AvgIpc) is 3.55. The lowest BCUT2D eigenvalue weighted by Crippen LogP contribution is -2.26. The van der Waals surface area contributed by atoms with Crippen LogP contribution in [-0.2, 0) is 0 Å². The van der Waals surface area contributed by atoms with Gasteiger partial charge in [0.25, 0.3) is 0 Å². The van der Waals surface area contributed by atoms with Crippen molar-refractivity contribution in [3.63, 3.8) is 0 Å². The molecule has 2 aliphatic rings. The van der Waals surface area contributed by atoms with Gasteiger partial charge in [0, 0.05) is 23.4 Å². The molecule has 0 amide bonds. The summed E-state index contributed by atoms with van der Waals surface area (Å²) in [4.78, 5) is 10.6. The number of para-hydroxylation sites is 2. The second-order valence-electron chi connectivity index (χ2n) is 13.9. The summed E-state index contributed by atoms with van der Waals surface area (Å²) in [6.45, 7) is 9.06. The first-order chi connectivity index (χ1) is 24.0. The lowest BCUT2D eigenvalue weighted by molar-refractivity contribution is 0.582. The third kappa shape index (κ3) is 5.68. The number of hydrogen-bond acceptors (Lipinski definition) is 2. The highest BCUT2D eigenvalue weighted by atomic mass is 15.1. The summed E-state index contributed by atoms with van der Waals surface area (Å²) in [5.74, 6) is 2.34. The van der Waals surface area contributed by atoms with Gasteiger partial charge in [0.05, 0.1) is 22.4 Å². The summed E-state index contributed by atoms with van der Waals surface area (Å²) < 4.78 is 2.31. The van der Waals surface area contributed by atoms with E-state index in [1.54, 1.807) is 0 Å². The maximum atomic E-state index is 5.56. The molecule has 0 saturated carbocycles. The first-order valence-corrected chi connectivity index (χ1v) is 17.8. The van der Waals surface area contributed by atoms with Gasteiger partial charge in [0.1, 0.15) is 5.82 Å². The van der Waals surface area contributed by atoms with Gasteiger partial charge >= 0.3 is 0 Å². The lowest BCUT2D eigenvalue weighted by atomic mass is 9.75. The molecule has 3 nitrogen and oxygen atoms in total. The Hall–Kier alpha value is -5.28. The number of imidazole rings is 1. The first-order valence-electron chi connectivity index (χ1n) is 17.8. The molecule has 0 spiro atoms. The summed E-state index contributed by atoms with van der Waals surface area (Å²) in [6, 6.07) is 42.1. The SMILES string of the molecule is CCC1C(c2cc(-c3ccc(-n4c(C(C)C)nc5ccccc54)cc3)c3ccccc3c2)=NC(C2=CC=CCC2C)=CC1c1ccccc1. The van der Waals surface area contributed by atoms with Gasteiger partial charge in [-0.3, -0.25) is 9.56 Å². The zero-order valence-electron chi connectivity index (χ0n) is 28.8. The Balaban J connectivity index is 1.27. The van der Waals surface area contributed by atoms with Crippen LogP contribution in [0.2, 0.25) is 0 Å². The first kappa shape index (κ1) is 31.0. The molecular formula is C46H43N3. The van der Waals surface area contributed by atoms with Gasteiger partial charge in [-0.1, -0.05) is 131 Å². The van der Waals surface area contributed by atoms with Crippen molar-refractivity contribution in [1.29, 1.82) is 0 Å². The van der Waals surface area contributed by atoms with Crippen molar-refractivity contribution in [1.82, 2.24) is 9.55 Å². The van der Waals surface area contributed by atoms with Gasteiger partial charge in [-0.05, 0) is 93.8 Å². The van der Waals surface area contributed by atoms with Gasteiger partial charge in [-0.15, -0.1) is 0 Å². The predicted molar refractivity (Wildman–Crippen MR) is 207 cm³/mol. The Morgan fingerprint density at radius 1 is 0.816 bits per heavy atom. The van der Waals surface area contributed by atoms with Crippen LogP contribution in [0.25, 0.3) is 38.6 Å². The van der Waals surface area contributed by atoms with E-state index in [0.29, 0.717) is 11.8 Å². The van der Waals surface area contributed by atoms with Gasteiger partial charge in [0.15, 0.2) is 0 Å². The largest absolute Gasteiger partial charge is 0.296 e. The van der Waals surface area contributed by atoms with Crippen LogP contribution in [-0.4, -0.2) is 15.3 Å². The van der Waals surface area contributed by atoms with Gasteiger partial charge in [-0.2, -0.15) is 0 Å². The summed E-state index contributed by atoms with van der Waals surface area (Å²) in [6.07, 6.45) is 11.2. The van der Waals surface area contributed by atoms with Crippen LogP contribution >= 0.6 is 0 Å². The smallest absolute Gasteiger partial charge is 0.117 e. The van der Waals surface area contributed by atoms with E-state index in [0.717, 1.165) is 41.1 Å². The van der Waals surface area contributed by atoms with E-state index >= 15 is 0 Å². The molecule has 242 valence electrons. The highest BCUT2D eigenvalue weighted by Gasteiger charge is 2.32. The standard InChI is InChI=1S/C46H43N3/c1-5-37-41(32-16-7-6-8-17-32)29-43(38-19-11-9-15-31(38)4)47-45(37)35-27-34-18-10-12-20-39(34)40(28-35)33-23-25-36(26-24-33)49-44-22-14-13-21-42(44)48-46(49)30(2)3/h6-14,16-31,37,41H,5,15H2,1-4H3. The lowest BCUT2D eigenvalue weighted by Gasteiger charge is -2.32. The maximum absolute atomic E-state index is 5.56. The van der Waals surface area contributed by atoms with Gasteiger partial charge in [0.2, 0.25) is 0 Å². The molecule has 0 bridgehead atoms. The number of nitrogens with zero attached hydrogens (tertiary/aromatic N) is 3. The molecule has 3 atom stereocenters. The highest BCUT2D eigenvalue weighted by Crippen LogP contribution is 2.42. The second kappa shape index (κ2) is 13.0. The van der Waals surface area contributed by atoms with E-state index in [1.165, 1.54) is 44.3 Å². The van der Waals surface area contributed by atoms with Crippen LogP contribution in [0.15, 0.2) is 156 Å². The summed E-state index contributed by atoms with van der Waals surface area (Å²) in [5, 5.41) is 2.49. The molecule has 1 aliphatic heterocycles. The third-order valence-corrected chi connectivity index (χ3v) is 10.4. The van der Waals surface area contributed by atoms with Crippen molar-refractivity contribution in [2.45, 2.75) is 52.4 Å². The Kier molecular flexibility index (Phi) is 8.21. The molecule has 3 unspecified atom stereocenters. The molecular weight excluding hydrogens is 595 g/mol. The monoisotopic (exact) mass is 637 g/mol. The fourth-order valence-electron chi connectivity index (χ4n) is 7.87. The molecule has 8 rings (SSSR count). The zero-order valence-corrected chi connectivity index (χ0v) is 28.8. The minimum absolute atomic E-state index is 0.252. The van der Waals surface area contributed by atoms with Gasteiger partial charge in [-0.25, -0.2) is 4.98 Å². The highest BCUT2D eigenvalue weighted by molar-refractivity contribution is 6.10. The number of fused-ring (bicyclic) bond motifs is 2. The molecule has 0 saturated heterocycles. The Morgan fingerprint density at radius 3 is 2.35 bits per heavy atom. The van der Waals surface area contributed by atoms with Crippen molar-refractivity contribution in [3.05, 3.63) is 168 Å². The van der Waals surface area contributed by atoms with Crippen LogP contribution in [0.4, 0.5) is 0 Å². The van der Waals surface area contributed by atoms with E-state index < -0.39 is 0 Å². The number of allylic oxidation sites excluding steroid dienone is 5. The topological polar surface area (TPSA) is 30.2 Å². The molecule has 0 radical (unpaired) electrons. The Bertz CT molecular complexity index is 2280. The van der Waals surface area contributed by atoms with Gasteiger partial charge < -0.3 is 0 Å². The summed E-state index contributed by atoms with van der Waals surface area (Å²) in [5.41, 5.74) is 11.9. The summed E-state index contributed by atoms with van der Waals surface area (Å²) in [7, 11) is 0. The van der Waals surface area contributed by atoms with E-state index in [1.807, 2.05) is 0 Å². The number of aliphatic imine (C=N–C) groups is 1. The van der Waals surface area contributed by atoms with Crippen molar-refractivity contribution < 1.29 is 0 Å². The Morgan fingerprint density at radius 2 is 1.57 bits per heavy atom. The fraction of sp³-hybridized carbons (Fsp3) is 0.217. The number of benzene rings is 5. The molecule has 2 heterocycles. The molecule has 0 N–H and O–H groups in total. The number of rotatable bonds is 7. The molecule has 5 aromatic carbocycles. The van der Waals surface area contributed by atoms with E-state index in [-0.39, 0.29) is 11.8 Å². The zero-order chi connectivity index (χ0) is 33.5. The normalized spacial score (nSPS) is 19.3. The molecule has 1 aromatic heterocycles. The minimum Gasteiger partial charge on any atom is -0.296 e. The quantitative estimate of drug-likeness (QED) is 0.171. The Labute approximate surface area is 290 Å². The fourth-order valence-corrected chi connectivity index (χ4v) is 7.87. The van der Waals surface area contributed by atoms with Crippen LogP contribution in [0.1, 0.15) is 69.3 Å². The molecule has 1 aliphatic carbocycles. The van der Waals surface area contributed by atoms with E-state index in [2.05, 4.69) is 172 Å². The second-order valence-corrected chi connectivity index (χ2v) is 13.9. The van der Waals surface area contributed by atoms with Crippen LogP contribution < -0.4 is 0 Å². The van der Waals surface area contributed by atoms with Crippen LogP contribution in [0.3, 0.4) is 0 Å². The third-order valence-electron chi connectivity index (χ3n) is 10.4. The molecule has 0 fully saturated rings. The average molecular weight is 638 g/mol. The van der Waals surface area contributed by atoms with Crippen LogP contribution in [0, 0.1) is 11.8 Å². The molecule has 3 heteroatoms.